The highest BCUT2D eigenvalue weighted by molar-refractivity contribution is 5.87. The number of rotatable bonds is 4. The summed E-state index contributed by atoms with van der Waals surface area (Å²) in [4.78, 5) is 16.4. The Morgan fingerprint density at radius 3 is 2.83 bits per heavy atom. The average Bonchev–Trinajstić information content (AvgIpc) is 2.89. The number of hydrogen-bond donors (Lipinski definition) is 2. The third-order valence-corrected chi connectivity index (χ3v) is 3.84. The number of nitrogens with one attached hydrogen (secondary N) is 2. The second-order valence-corrected chi connectivity index (χ2v) is 4.94. The van der Waals surface area contributed by atoms with E-state index in [0.717, 1.165) is 31.4 Å². The van der Waals surface area contributed by atoms with Crippen molar-refractivity contribution in [3.05, 3.63) is 30.1 Å². The van der Waals surface area contributed by atoms with Gasteiger partial charge in [-0.2, -0.15) is 0 Å². The van der Waals surface area contributed by atoms with E-state index >= 15 is 0 Å². The topological polar surface area (TPSA) is 54.0 Å². The molecule has 1 aromatic heterocycles. The first kappa shape index (κ1) is 13.0. The van der Waals surface area contributed by atoms with Crippen molar-refractivity contribution in [2.24, 2.45) is 0 Å². The van der Waals surface area contributed by atoms with Crippen LogP contribution in [0.15, 0.2) is 24.5 Å². The van der Waals surface area contributed by atoms with Crippen molar-refractivity contribution in [2.45, 2.75) is 44.7 Å². The number of carbonyl (C=O) groups is 1. The largest absolute Gasteiger partial charge is 0.348 e. The van der Waals surface area contributed by atoms with E-state index in [1.165, 1.54) is 0 Å². The maximum absolute atomic E-state index is 12.4. The van der Waals surface area contributed by atoms with E-state index in [1.54, 1.807) is 12.4 Å². The third-order valence-electron chi connectivity index (χ3n) is 3.84. The van der Waals surface area contributed by atoms with Crippen LogP contribution in [0.25, 0.3) is 0 Å². The molecule has 1 saturated heterocycles. The molecule has 0 aliphatic carbocycles. The van der Waals surface area contributed by atoms with Crippen molar-refractivity contribution in [1.82, 2.24) is 15.6 Å². The minimum atomic E-state index is -0.360. The number of aromatic nitrogens is 1. The highest BCUT2D eigenvalue weighted by Crippen LogP contribution is 2.24. The minimum Gasteiger partial charge on any atom is -0.348 e. The molecule has 1 aromatic rings. The lowest BCUT2D eigenvalue weighted by molar-refractivity contribution is -0.128. The summed E-state index contributed by atoms with van der Waals surface area (Å²) in [6, 6.07) is 3.89. The molecule has 0 radical (unpaired) electrons. The van der Waals surface area contributed by atoms with Gasteiger partial charge in [-0.15, -0.1) is 0 Å². The van der Waals surface area contributed by atoms with E-state index in [4.69, 9.17) is 0 Å². The van der Waals surface area contributed by atoms with Crippen LogP contribution >= 0.6 is 0 Å². The molecule has 2 N–H and O–H groups in total. The molecular formula is C14H21N3O. The Morgan fingerprint density at radius 1 is 1.56 bits per heavy atom. The predicted molar refractivity (Wildman–Crippen MR) is 71.1 cm³/mol. The standard InChI is InChI=1S/C14H21N3O/c1-3-14(7-4-8-16-14)13(18)17-11(2)12-5-9-15-10-6-12/h5-6,9-11,16H,3-4,7-8H2,1-2H3,(H,17,18). The maximum atomic E-state index is 12.4. The van der Waals surface area contributed by atoms with Crippen molar-refractivity contribution >= 4 is 5.91 Å². The second-order valence-electron chi connectivity index (χ2n) is 4.94. The van der Waals surface area contributed by atoms with Crippen LogP contribution < -0.4 is 10.6 Å². The number of nitrogens with zero attached hydrogens (tertiary/aromatic N) is 1. The van der Waals surface area contributed by atoms with Gasteiger partial charge in [0.25, 0.3) is 0 Å². The molecule has 0 saturated carbocycles. The number of hydrogen-bond acceptors (Lipinski definition) is 3. The lowest BCUT2D eigenvalue weighted by atomic mass is 9.92. The quantitative estimate of drug-likeness (QED) is 0.853. The summed E-state index contributed by atoms with van der Waals surface area (Å²) in [6.45, 7) is 5.01. The molecule has 4 nitrogen and oxygen atoms in total. The summed E-state index contributed by atoms with van der Waals surface area (Å²) in [6.07, 6.45) is 6.34. The SMILES string of the molecule is CCC1(C(=O)NC(C)c2ccncc2)CCCN1. The minimum absolute atomic E-state index is 0.0197. The van der Waals surface area contributed by atoms with Crippen molar-refractivity contribution < 1.29 is 4.79 Å². The van der Waals surface area contributed by atoms with Crippen LogP contribution in [0.4, 0.5) is 0 Å². The fourth-order valence-corrected chi connectivity index (χ4v) is 2.53. The fourth-order valence-electron chi connectivity index (χ4n) is 2.53. The van der Waals surface area contributed by atoms with Gasteiger partial charge in [0.2, 0.25) is 5.91 Å². The molecule has 2 unspecified atom stereocenters. The fraction of sp³-hybridized carbons (Fsp3) is 0.571. The molecule has 98 valence electrons. The van der Waals surface area contributed by atoms with E-state index < -0.39 is 0 Å². The van der Waals surface area contributed by atoms with Crippen LogP contribution in [0.1, 0.15) is 44.7 Å². The summed E-state index contributed by atoms with van der Waals surface area (Å²) in [5, 5.41) is 6.45. The second kappa shape index (κ2) is 5.48. The molecule has 2 rings (SSSR count). The van der Waals surface area contributed by atoms with Gasteiger partial charge in [0.15, 0.2) is 0 Å². The summed E-state index contributed by atoms with van der Waals surface area (Å²) in [5.74, 6) is 0.117. The van der Waals surface area contributed by atoms with Gasteiger partial charge in [-0.05, 0) is 50.4 Å². The van der Waals surface area contributed by atoms with Crippen molar-refractivity contribution in [3.8, 4) is 0 Å². The molecule has 1 aliphatic rings. The van der Waals surface area contributed by atoms with Gasteiger partial charge in [0.1, 0.15) is 0 Å². The molecule has 1 fully saturated rings. The van der Waals surface area contributed by atoms with Crippen LogP contribution in [0, 0.1) is 0 Å². The van der Waals surface area contributed by atoms with Crippen LogP contribution in [-0.4, -0.2) is 23.0 Å². The molecule has 2 atom stereocenters. The lowest BCUT2D eigenvalue weighted by Gasteiger charge is -2.28. The molecule has 2 heterocycles. The summed E-state index contributed by atoms with van der Waals surface area (Å²) in [5.41, 5.74) is 0.726. The molecule has 0 spiro atoms. The Kier molecular flexibility index (Phi) is 3.97. The van der Waals surface area contributed by atoms with Gasteiger partial charge in [-0.25, -0.2) is 0 Å². The molecule has 4 heteroatoms. The molecule has 18 heavy (non-hydrogen) atoms. The number of amides is 1. The van der Waals surface area contributed by atoms with Crippen molar-refractivity contribution in [1.29, 1.82) is 0 Å². The molecule has 0 aromatic carbocycles. The molecule has 1 aliphatic heterocycles. The van der Waals surface area contributed by atoms with Crippen molar-refractivity contribution in [3.63, 3.8) is 0 Å². The van der Waals surface area contributed by atoms with E-state index in [9.17, 15) is 4.79 Å². The van der Waals surface area contributed by atoms with Crippen LogP contribution in [0.2, 0.25) is 0 Å². The Bertz CT molecular complexity index is 399. The molecule has 1 amide bonds. The van der Waals surface area contributed by atoms with Crippen LogP contribution in [0.5, 0.6) is 0 Å². The zero-order valence-corrected chi connectivity index (χ0v) is 11.1. The normalized spacial score (nSPS) is 24.8. The summed E-state index contributed by atoms with van der Waals surface area (Å²) < 4.78 is 0. The van der Waals surface area contributed by atoms with Crippen molar-refractivity contribution in [2.75, 3.05) is 6.54 Å². The highest BCUT2D eigenvalue weighted by atomic mass is 16.2. The van der Waals surface area contributed by atoms with Crippen LogP contribution in [-0.2, 0) is 4.79 Å². The number of pyridine rings is 1. The summed E-state index contributed by atoms with van der Waals surface area (Å²) >= 11 is 0. The van der Waals surface area contributed by atoms with Gasteiger partial charge in [0.05, 0.1) is 11.6 Å². The number of carbonyl (C=O) groups excluding carboxylic acids is 1. The first-order valence-corrected chi connectivity index (χ1v) is 6.64. The lowest BCUT2D eigenvalue weighted by Crippen LogP contribution is -2.53. The van der Waals surface area contributed by atoms with E-state index in [1.807, 2.05) is 19.1 Å². The monoisotopic (exact) mass is 247 g/mol. The Balaban J connectivity index is 2.03. The van der Waals surface area contributed by atoms with Gasteiger partial charge in [0, 0.05) is 12.4 Å². The Labute approximate surface area is 108 Å². The van der Waals surface area contributed by atoms with E-state index in [2.05, 4.69) is 22.5 Å². The zero-order chi connectivity index (χ0) is 13.0. The Hall–Kier alpha value is -1.42. The average molecular weight is 247 g/mol. The van der Waals surface area contributed by atoms with Gasteiger partial charge in [-0.3, -0.25) is 9.78 Å². The zero-order valence-electron chi connectivity index (χ0n) is 11.1. The Morgan fingerprint density at radius 2 is 2.28 bits per heavy atom. The van der Waals surface area contributed by atoms with Gasteiger partial charge in [-0.1, -0.05) is 6.92 Å². The third kappa shape index (κ3) is 2.53. The summed E-state index contributed by atoms with van der Waals surface area (Å²) in [7, 11) is 0. The smallest absolute Gasteiger partial charge is 0.240 e. The molecular weight excluding hydrogens is 226 g/mol. The highest BCUT2D eigenvalue weighted by Gasteiger charge is 2.39. The van der Waals surface area contributed by atoms with Gasteiger partial charge < -0.3 is 10.6 Å². The van der Waals surface area contributed by atoms with Crippen LogP contribution in [0.3, 0.4) is 0 Å². The first-order chi connectivity index (χ1) is 8.68. The first-order valence-electron chi connectivity index (χ1n) is 6.64. The van der Waals surface area contributed by atoms with E-state index in [-0.39, 0.29) is 17.5 Å². The molecule has 0 bridgehead atoms. The van der Waals surface area contributed by atoms with E-state index in [0.29, 0.717) is 0 Å². The maximum Gasteiger partial charge on any atom is 0.240 e. The van der Waals surface area contributed by atoms with Gasteiger partial charge >= 0.3 is 0 Å². The predicted octanol–water partition coefficient (Wildman–Crippen LogP) is 1.79.